The number of rotatable bonds is 7. The van der Waals surface area contributed by atoms with Gasteiger partial charge < -0.3 is 10.6 Å². The van der Waals surface area contributed by atoms with Crippen molar-refractivity contribution in [1.29, 1.82) is 0 Å². The molecule has 2 aromatic rings. The summed E-state index contributed by atoms with van der Waals surface area (Å²) in [6, 6.07) is 13.3. The highest BCUT2D eigenvalue weighted by molar-refractivity contribution is 5.90. The lowest BCUT2D eigenvalue weighted by Gasteiger charge is -2.07. The average molecular weight is 304 g/mol. The van der Waals surface area contributed by atoms with Gasteiger partial charge in [-0.25, -0.2) is 8.78 Å². The summed E-state index contributed by atoms with van der Waals surface area (Å²) in [5.74, 6) is -2.14. The van der Waals surface area contributed by atoms with Crippen molar-refractivity contribution in [1.82, 2.24) is 5.32 Å². The predicted octanol–water partition coefficient (Wildman–Crippen LogP) is 3.13. The first-order valence-corrected chi connectivity index (χ1v) is 7.15. The third-order valence-electron chi connectivity index (χ3n) is 3.17. The maximum Gasteiger partial charge on any atom is 0.225 e. The molecular formula is C17H18F2N2O. The van der Waals surface area contributed by atoms with Gasteiger partial charge in [0.2, 0.25) is 5.91 Å². The van der Waals surface area contributed by atoms with E-state index in [4.69, 9.17) is 0 Å². The van der Waals surface area contributed by atoms with E-state index in [2.05, 4.69) is 22.8 Å². The van der Waals surface area contributed by atoms with Crippen molar-refractivity contribution in [3.8, 4) is 0 Å². The van der Waals surface area contributed by atoms with Crippen LogP contribution in [0.1, 0.15) is 12.0 Å². The highest BCUT2D eigenvalue weighted by atomic mass is 19.2. The summed E-state index contributed by atoms with van der Waals surface area (Å²) in [5.41, 5.74) is 1.49. The summed E-state index contributed by atoms with van der Waals surface area (Å²) < 4.78 is 25.8. The molecule has 0 bridgehead atoms. The molecule has 5 heteroatoms. The SMILES string of the molecule is O=C(CCNCCc1ccccc1)Nc1ccc(F)c(F)c1. The molecule has 0 heterocycles. The molecule has 116 valence electrons. The fraction of sp³-hybridized carbons (Fsp3) is 0.235. The molecule has 1 amide bonds. The van der Waals surface area contributed by atoms with Gasteiger partial charge in [0.25, 0.3) is 0 Å². The molecule has 0 aliphatic rings. The predicted molar refractivity (Wildman–Crippen MR) is 82.6 cm³/mol. The molecule has 2 N–H and O–H groups in total. The minimum Gasteiger partial charge on any atom is -0.326 e. The Bertz CT molecular complexity index is 617. The molecular weight excluding hydrogens is 286 g/mol. The second-order valence-corrected chi connectivity index (χ2v) is 4.91. The molecule has 3 nitrogen and oxygen atoms in total. The molecule has 0 saturated heterocycles. The van der Waals surface area contributed by atoms with Crippen molar-refractivity contribution in [2.75, 3.05) is 18.4 Å². The van der Waals surface area contributed by atoms with Gasteiger partial charge in [-0.15, -0.1) is 0 Å². The maximum absolute atomic E-state index is 13.0. The van der Waals surface area contributed by atoms with Gasteiger partial charge in [-0.05, 0) is 30.7 Å². The molecule has 0 radical (unpaired) electrons. The third-order valence-corrected chi connectivity index (χ3v) is 3.17. The number of hydrogen-bond acceptors (Lipinski definition) is 2. The fourth-order valence-electron chi connectivity index (χ4n) is 2.00. The molecule has 0 unspecified atom stereocenters. The van der Waals surface area contributed by atoms with Crippen LogP contribution in [0.2, 0.25) is 0 Å². The highest BCUT2D eigenvalue weighted by Gasteiger charge is 2.05. The molecule has 0 fully saturated rings. The summed E-state index contributed by atoms with van der Waals surface area (Å²) in [4.78, 5) is 11.7. The number of nitrogens with one attached hydrogen (secondary N) is 2. The van der Waals surface area contributed by atoms with E-state index in [0.29, 0.717) is 6.54 Å². The lowest BCUT2D eigenvalue weighted by molar-refractivity contribution is -0.116. The maximum atomic E-state index is 13.0. The normalized spacial score (nSPS) is 10.5. The Balaban J connectivity index is 1.64. The Hall–Kier alpha value is -2.27. The molecule has 0 aliphatic carbocycles. The molecule has 0 spiro atoms. The van der Waals surface area contributed by atoms with Gasteiger partial charge in [-0.2, -0.15) is 0 Å². The Morgan fingerprint density at radius 3 is 2.45 bits per heavy atom. The van der Waals surface area contributed by atoms with Crippen molar-refractivity contribution in [3.05, 3.63) is 65.7 Å². The molecule has 0 saturated carbocycles. The van der Waals surface area contributed by atoms with Crippen LogP contribution >= 0.6 is 0 Å². The van der Waals surface area contributed by atoms with E-state index < -0.39 is 11.6 Å². The first kappa shape index (κ1) is 16.1. The van der Waals surface area contributed by atoms with E-state index in [1.54, 1.807) is 0 Å². The minimum atomic E-state index is -0.973. The zero-order chi connectivity index (χ0) is 15.8. The van der Waals surface area contributed by atoms with Crippen LogP contribution in [0, 0.1) is 11.6 Å². The quantitative estimate of drug-likeness (QED) is 0.772. The number of carbonyl (C=O) groups excluding carboxylic acids is 1. The average Bonchev–Trinajstić information content (AvgIpc) is 2.52. The van der Waals surface area contributed by atoms with E-state index in [0.717, 1.165) is 25.1 Å². The van der Waals surface area contributed by atoms with Crippen LogP contribution in [0.4, 0.5) is 14.5 Å². The van der Waals surface area contributed by atoms with E-state index in [1.807, 2.05) is 18.2 Å². The van der Waals surface area contributed by atoms with Gasteiger partial charge in [0.05, 0.1) is 0 Å². The zero-order valence-corrected chi connectivity index (χ0v) is 12.1. The van der Waals surface area contributed by atoms with E-state index in [1.165, 1.54) is 11.6 Å². The van der Waals surface area contributed by atoms with Gasteiger partial charge in [0.1, 0.15) is 0 Å². The number of amides is 1. The van der Waals surface area contributed by atoms with Gasteiger partial charge in [0.15, 0.2) is 11.6 Å². The number of hydrogen-bond donors (Lipinski definition) is 2. The Morgan fingerprint density at radius 2 is 1.73 bits per heavy atom. The summed E-state index contributed by atoms with van der Waals surface area (Å²) in [6.07, 6.45) is 1.17. The number of halogens is 2. The van der Waals surface area contributed by atoms with E-state index >= 15 is 0 Å². The van der Waals surface area contributed by atoms with Crippen molar-refractivity contribution in [3.63, 3.8) is 0 Å². The van der Waals surface area contributed by atoms with E-state index in [-0.39, 0.29) is 18.0 Å². The first-order chi connectivity index (χ1) is 10.6. The summed E-state index contributed by atoms with van der Waals surface area (Å²) in [6.45, 7) is 1.31. The van der Waals surface area contributed by atoms with Crippen molar-refractivity contribution in [2.45, 2.75) is 12.8 Å². The lowest BCUT2D eigenvalue weighted by atomic mass is 10.1. The van der Waals surface area contributed by atoms with Crippen LogP contribution < -0.4 is 10.6 Å². The number of carbonyl (C=O) groups is 1. The summed E-state index contributed by atoms with van der Waals surface area (Å²) in [7, 11) is 0. The van der Waals surface area contributed by atoms with Crippen molar-refractivity contribution < 1.29 is 13.6 Å². The first-order valence-electron chi connectivity index (χ1n) is 7.15. The van der Waals surface area contributed by atoms with Gasteiger partial charge in [0, 0.05) is 24.7 Å². The Labute approximate surface area is 128 Å². The second kappa shape index (κ2) is 8.24. The van der Waals surface area contributed by atoms with Crippen LogP contribution in [-0.2, 0) is 11.2 Å². The topological polar surface area (TPSA) is 41.1 Å². The zero-order valence-electron chi connectivity index (χ0n) is 12.1. The number of benzene rings is 2. The van der Waals surface area contributed by atoms with Crippen LogP contribution in [0.3, 0.4) is 0 Å². The third kappa shape index (κ3) is 5.26. The minimum absolute atomic E-state index is 0.238. The summed E-state index contributed by atoms with van der Waals surface area (Å²) in [5, 5.41) is 5.71. The van der Waals surface area contributed by atoms with Crippen LogP contribution in [-0.4, -0.2) is 19.0 Å². The van der Waals surface area contributed by atoms with E-state index in [9.17, 15) is 13.6 Å². The fourth-order valence-corrected chi connectivity index (χ4v) is 2.00. The largest absolute Gasteiger partial charge is 0.326 e. The van der Waals surface area contributed by atoms with Gasteiger partial charge >= 0.3 is 0 Å². The van der Waals surface area contributed by atoms with Crippen LogP contribution in [0.25, 0.3) is 0 Å². The lowest BCUT2D eigenvalue weighted by Crippen LogP contribution is -2.23. The summed E-state index contributed by atoms with van der Waals surface area (Å²) >= 11 is 0. The molecule has 0 atom stereocenters. The molecule has 0 aromatic heterocycles. The van der Waals surface area contributed by atoms with Crippen LogP contribution in [0.15, 0.2) is 48.5 Å². The highest BCUT2D eigenvalue weighted by Crippen LogP contribution is 2.13. The second-order valence-electron chi connectivity index (χ2n) is 4.91. The monoisotopic (exact) mass is 304 g/mol. The van der Waals surface area contributed by atoms with Gasteiger partial charge in [-0.3, -0.25) is 4.79 Å². The Kier molecular flexibility index (Phi) is 6.03. The Morgan fingerprint density at radius 1 is 0.955 bits per heavy atom. The molecule has 0 aliphatic heterocycles. The molecule has 2 rings (SSSR count). The van der Waals surface area contributed by atoms with Crippen molar-refractivity contribution >= 4 is 11.6 Å². The molecule has 2 aromatic carbocycles. The molecule has 22 heavy (non-hydrogen) atoms. The van der Waals surface area contributed by atoms with Gasteiger partial charge in [-0.1, -0.05) is 30.3 Å². The number of anilines is 1. The smallest absolute Gasteiger partial charge is 0.225 e. The van der Waals surface area contributed by atoms with Crippen LogP contribution in [0.5, 0.6) is 0 Å². The standard InChI is InChI=1S/C17H18F2N2O/c18-15-7-6-14(12-16(15)19)21-17(22)9-11-20-10-8-13-4-2-1-3-5-13/h1-7,12,20H,8-11H2,(H,21,22). The van der Waals surface area contributed by atoms with Crippen molar-refractivity contribution in [2.24, 2.45) is 0 Å².